The van der Waals surface area contributed by atoms with Crippen LogP contribution in [-0.4, -0.2) is 11.6 Å². The molecule has 1 aromatic carbocycles. The van der Waals surface area contributed by atoms with Gasteiger partial charge in [0.15, 0.2) is 0 Å². The van der Waals surface area contributed by atoms with E-state index < -0.39 is 0 Å². The monoisotopic (exact) mass is 345 g/mol. The van der Waals surface area contributed by atoms with Gasteiger partial charge in [0.1, 0.15) is 5.75 Å². The lowest BCUT2D eigenvalue weighted by molar-refractivity contribution is 0.309. The predicted octanol–water partition coefficient (Wildman–Crippen LogP) is 6.70. The molecule has 1 heterocycles. The minimum atomic E-state index is 0.659. The van der Waals surface area contributed by atoms with Crippen LogP contribution in [-0.2, 0) is 6.42 Å². The van der Waals surface area contributed by atoms with Crippen LogP contribution < -0.4 is 4.74 Å². The van der Waals surface area contributed by atoms with E-state index in [0.717, 1.165) is 36.3 Å². The summed E-state index contributed by atoms with van der Waals surface area (Å²) in [4.78, 5) is 4.59. The van der Waals surface area contributed by atoms with Gasteiger partial charge in [-0.2, -0.15) is 0 Å². The number of hydrogen-bond donors (Lipinski definition) is 0. The van der Waals surface area contributed by atoms with Crippen LogP contribution in [0.4, 0.5) is 0 Å². The van der Waals surface area contributed by atoms with Gasteiger partial charge in [-0.3, -0.25) is 4.98 Å². The fraction of sp³-hybridized carbons (Fsp3) is 0.476. The Morgan fingerprint density at radius 2 is 1.83 bits per heavy atom. The molecule has 0 radical (unpaired) electrons. The van der Waals surface area contributed by atoms with Crippen molar-refractivity contribution in [1.29, 1.82) is 0 Å². The SMILES string of the molecule is CCCCCCc1cccnc1-c1ccc(OCCCC)c(Cl)c1. The summed E-state index contributed by atoms with van der Waals surface area (Å²) in [5, 5.41) is 0.659. The number of halogens is 1. The normalized spacial score (nSPS) is 10.8. The topological polar surface area (TPSA) is 22.1 Å². The maximum Gasteiger partial charge on any atom is 0.137 e. The number of unbranched alkanes of at least 4 members (excludes halogenated alkanes) is 4. The molecule has 2 aromatic rings. The van der Waals surface area contributed by atoms with Crippen LogP contribution in [0.2, 0.25) is 5.02 Å². The minimum absolute atomic E-state index is 0.659. The Labute approximate surface area is 151 Å². The number of benzene rings is 1. The average molecular weight is 346 g/mol. The highest BCUT2D eigenvalue weighted by Crippen LogP contribution is 2.31. The van der Waals surface area contributed by atoms with Crippen molar-refractivity contribution in [1.82, 2.24) is 4.98 Å². The Bertz CT molecular complexity index is 627. The van der Waals surface area contributed by atoms with Gasteiger partial charge in [-0.05, 0) is 49.1 Å². The zero-order valence-electron chi connectivity index (χ0n) is 14.9. The molecule has 0 aliphatic heterocycles. The maximum atomic E-state index is 6.40. The molecule has 0 unspecified atom stereocenters. The second-order valence-corrected chi connectivity index (χ2v) is 6.58. The van der Waals surface area contributed by atoms with Gasteiger partial charge in [-0.1, -0.05) is 57.2 Å². The van der Waals surface area contributed by atoms with Crippen LogP contribution in [0.1, 0.15) is 57.9 Å². The van der Waals surface area contributed by atoms with Crippen molar-refractivity contribution in [2.24, 2.45) is 0 Å². The fourth-order valence-electron chi connectivity index (χ4n) is 2.73. The molecule has 0 aliphatic carbocycles. The van der Waals surface area contributed by atoms with Crippen LogP contribution in [0.25, 0.3) is 11.3 Å². The van der Waals surface area contributed by atoms with Gasteiger partial charge in [0.05, 0.1) is 17.3 Å². The number of nitrogens with zero attached hydrogens (tertiary/aromatic N) is 1. The summed E-state index contributed by atoms with van der Waals surface area (Å²) in [6.07, 6.45) is 10.1. The second-order valence-electron chi connectivity index (χ2n) is 6.17. The molecule has 0 amide bonds. The first-order chi connectivity index (χ1) is 11.8. The largest absolute Gasteiger partial charge is 0.492 e. The van der Waals surface area contributed by atoms with E-state index in [2.05, 4.69) is 31.0 Å². The molecular weight excluding hydrogens is 318 g/mol. The summed E-state index contributed by atoms with van der Waals surface area (Å²) >= 11 is 6.40. The van der Waals surface area contributed by atoms with E-state index in [1.807, 2.05) is 24.4 Å². The Morgan fingerprint density at radius 3 is 2.58 bits per heavy atom. The van der Waals surface area contributed by atoms with Gasteiger partial charge < -0.3 is 4.74 Å². The van der Waals surface area contributed by atoms with Crippen molar-refractivity contribution in [3.05, 3.63) is 47.1 Å². The Kier molecular flexibility index (Phi) is 8.11. The number of hydrogen-bond acceptors (Lipinski definition) is 2. The number of aromatic nitrogens is 1. The highest BCUT2D eigenvalue weighted by molar-refractivity contribution is 6.32. The van der Waals surface area contributed by atoms with Crippen molar-refractivity contribution in [2.45, 2.75) is 58.8 Å². The molecule has 2 rings (SSSR count). The van der Waals surface area contributed by atoms with E-state index >= 15 is 0 Å². The lowest BCUT2D eigenvalue weighted by Crippen LogP contribution is -1.98. The molecule has 0 saturated heterocycles. The molecule has 0 bridgehead atoms. The molecule has 0 aliphatic rings. The third kappa shape index (κ3) is 5.52. The zero-order chi connectivity index (χ0) is 17.2. The summed E-state index contributed by atoms with van der Waals surface area (Å²) in [6.45, 7) is 5.10. The second kappa shape index (κ2) is 10.4. The predicted molar refractivity (Wildman–Crippen MR) is 103 cm³/mol. The summed E-state index contributed by atoms with van der Waals surface area (Å²) in [5.41, 5.74) is 3.40. The van der Waals surface area contributed by atoms with Gasteiger partial charge in [0.25, 0.3) is 0 Å². The first-order valence-electron chi connectivity index (χ1n) is 9.12. The van der Waals surface area contributed by atoms with E-state index in [9.17, 15) is 0 Å². The maximum absolute atomic E-state index is 6.40. The van der Waals surface area contributed by atoms with Crippen molar-refractivity contribution in [3.63, 3.8) is 0 Å². The number of aryl methyl sites for hydroxylation is 1. The average Bonchev–Trinajstić information content (AvgIpc) is 2.61. The summed E-state index contributed by atoms with van der Waals surface area (Å²) in [5.74, 6) is 0.759. The molecule has 0 saturated carbocycles. The van der Waals surface area contributed by atoms with Crippen LogP contribution in [0.5, 0.6) is 5.75 Å². The number of rotatable bonds is 10. The van der Waals surface area contributed by atoms with E-state index in [1.165, 1.54) is 31.2 Å². The van der Waals surface area contributed by atoms with Crippen LogP contribution in [0.3, 0.4) is 0 Å². The first-order valence-corrected chi connectivity index (χ1v) is 9.50. The molecule has 0 spiro atoms. The summed E-state index contributed by atoms with van der Waals surface area (Å²) < 4.78 is 5.74. The van der Waals surface area contributed by atoms with Crippen LogP contribution in [0.15, 0.2) is 36.5 Å². The third-order valence-corrected chi connectivity index (χ3v) is 4.45. The quantitative estimate of drug-likeness (QED) is 0.447. The Hall–Kier alpha value is -1.54. The minimum Gasteiger partial charge on any atom is -0.492 e. The van der Waals surface area contributed by atoms with Gasteiger partial charge >= 0.3 is 0 Å². The third-order valence-electron chi connectivity index (χ3n) is 4.15. The molecule has 3 heteroatoms. The van der Waals surface area contributed by atoms with Crippen LogP contribution >= 0.6 is 11.6 Å². The van der Waals surface area contributed by atoms with E-state index in [-0.39, 0.29) is 0 Å². The van der Waals surface area contributed by atoms with Gasteiger partial charge in [-0.25, -0.2) is 0 Å². The van der Waals surface area contributed by atoms with Crippen molar-refractivity contribution >= 4 is 11.6 Å². The molecule has 130 valence electrons. The molecular formula is C21H28ClNO. The smallest absolute Gasteiger partial charge is 0.137 e. The Morgan fingerprint density at radius 1 is 1.00 bits per heavy atom. The van der Waals surface area contributed by atoms with E-state index in [4.69, 9.17) is 16.3 Å². The highest BCUT2D eigenvalue weighted by Gasteiger charge is 2.09. The van der Waals surface area contributed by atoms with Crippen LogP contribution in [0, 0.1) is 0 Å². The van der Waals surface area contributed by atoms with Crippen molar-refractivity contribution in [3.8, 4) is 17.0 Å². The molecule has 0 N–H and O–H groups in total. The van der Waals surface area contributed by atoms with Crippen molar-refractivity contribution < 1.29 is 4.74 Å². The van der Waals surface area contributed by atoms with Gasteiger partial charge in [0.2, 0.25) is 0 Å². The standard InChI is InChI=1S/C21H28ClNO/c1-3-5-7-8-10-17-11-9-14-23-21(17)18-12-13-20(19(22)16-18)24-15-6-4-2/h9,11-14,16H,3-8,10,15H2,1-2H3. The highest BCUT2D eigenvalue weighted by atomic mass is 35.5. The zero-order valence-corrected chi connectivity index (χ0v) is 15.6. The molecule has 0 atom stereocenters. The molecule has 0 fully saturated rings. The van der Waals surface area contributed by atoms with Crippen molar-refractivity contribution in [2.75, 3.05) is 6.61 Å². The van der Waals surface area contributed by atoms with Gasteiger partial charge in [0, 0.05) is 11.8 Å². The lowest BCUT2D eigenvalue weighted by Gasteiger charge is -2.11. The summed E-state index contributed by atoms with van der Waals surface area (Å²) in [6, 6.07) is 10.2. The van der Waals surface area contributed by atoms with E-state index in [0.29, 0.717) is 11.6 Å². The fourth-order valence-corrected chi connectivity index (χ4v) is 2.97. The number of ether oxygens (including phenoxy) is 1. The van der Waals surface area contributed by atoms with E-state index in [1.54, 1.807) is 0 Å². The Balaban J connectivity index is 2.11. The molecule has 24 heavy (non-hydrogen) atoms. The molecule has 1 aromatic heterocycles. The van der Waals surface area contributed by atoms with Gasteiger partial charge in [-0.15, -0.1) is 0 Å². The molecule has 2 nitrogen and oxygen atoms in total. The number of pyridine rings is 1. The summed E-state index contributed by atoms with van der Waals surface area (Å²) in [7, 11) is 0. The lowest BCUT2D eigenvalue weighted by atomic mass is 10.0. The first kappa shape index (κ1) is 18.8.